The number of benzene rings is 2. The fourth-order valence-electron chi connectivity index (χ4n) is 2.53. The molecular formula is C22H24FmNO4-. The van der Waals surface area contributed by atoms with Crippen molar-refractivity contribution in [2.75, 3.05) is 0 Å². The summed E-state index contributed by atoms with van der Waals surface area (Å²) in [7, 11) is 0. The fraction of sp³-hybridized carbons (Fsp3) is 0.273. The molecule has 0 saturated carbocycles. The van der Waals surface area contributed by atoms with Crippen LogP contribution in [0.4, 0.5) is 0 Å². The van der Waals surface area contributed by atoms with Crippen LogP contribution in [0.25, 0.3) is 11.1 Å². The van der Waals surface area contributed by atoms with Crippen LogP contribution >= 0.6 is 0 Å². The van der Waals surface area contributed by atoms with Crippen LogP contribution in [0, 0.1) is 0 Å². The first kappa shape index (κ1) is 22.0. The topological polar surface area (TPSA) is 75.6 Å². The van der Waals surface area contributed by atoms with Crippen molar-refractivity contribution in [2.24, 2.45) is 0 Å². The minimum atomic E-state index is -0.568. The number of aliphatic hydroxyl groups is 1. The second-order valence-electron chi connectivity index (χ2n) is 7.27. The number of hydrogen-bond acceptors (Lipinski definition) is 4. The second kappa shape index (κ2) is 9.03. The third-order valence-electron chi connectivity index (χ3n) is 3.88. The van der Waals surface area contributed by atoms with Gasteiger partial charge in [0.25, 0.3) is 0 Å². The minimum Gasteiger partial charge on any atom is -0.521 e. The number of hydrogen-bond donors (Lipinski definition) is 2. The zero-order valence-corrected chi connectivity index (χ0v) is 18.5. The predicted molar refractivity (Wildman–Crippen MR) is 105 cm³/mol. The Bertz CT molecular complexity index is 808. The first-order chi connectivity index (χ1) is 12.7. The van der Waals surface area contributed by atoms with E-state index in [1.807, 2.05) is 57.2 Å². The van der Waals surface area contributed by atoms with Crippen molar-refractivity contribution in [2.45, 2.75) is 38.8 Å². The molecule has 0 aliphatic carbocycles. The van der Waals surface area contributed by atoms with Gasteiger partial charge >= 0.3 is 5.97 Å². The summed E-state index contributed by atoms with van der Waals surface area (Å²) < 4.78 is 5.36. The number of amides is 1. The zero-order chi connectivity index (χ0) is 20.0. The van der Waals surface area contributed by atoms with E-state index in [0.29, 0.717) is 12.0 Å². The van der Waals surface area contributed by atoms with Crippen LogP contribution in [0.5, 0.6) is 0 Å². The standard InChI is InChI=1S/C22H24NO4.Fm/c1-15(25)20(23-14-24)13-16-5-7-17(8-6-16)18-9-11-19(12-10-18)21(26)27-22(2,3)4;/h5-12,20,25H,1,13H2,2-4H3,(H,23,24);/q-1;/t20-;/m0./s1. The molecule has 6 heteroatoms. The molecule has 1 atom stereocenters. The molecular weight excluding hydrogens is 599 g/mol. The molecule has 0 aliphatic rings. The fourth-order valence-corrected chi connectivity index (χ4v) is 2.53. The van der Waals surface area contributed by atoms with Crippen LogP contribution in [0.2, 0.25) is 0 Å². The number of carbonyl (C=O) groups is 1. The first-order valence-electron chi connectivity index (χ1n) is 8.63. The maximum atomic E-state index is 12.1. The molecule has 0 fully saturated rings. The SMILES string of the molecule is C=C(O)[C@H](Cc1ccc(-c2ccc(C(=O)OC(C)(C)C)cc2)cc1)N[C-]=O.[Fm]. The Labute approximate surface area is 159 Å². The summed E-state index contributed by atoms with van der Waals surface area (Å²) in [5, 5.41) is 11.9. The summed E-state index contributed by atoms with van der Waals surface area (Å²) in [6, 6.07) is 14.4. The Balaban J connectivity index is 0.00000392. The smallest absolute Gasteiger partial charge is 0.338 e. The number of carbonyl (C=O) groups excluding carboxylic acids is 2. The first-order valence-corrected chi connectivity index (χ1v) is 8.63. The van der Waals surface area contributed by atoms with Crippen LogP contribution in [0.3, 0.4) is 0 Å². The average Bonchev–Trinajstić information content (AvgIpc) is 2.60. The van der Waals surface area contributed by atoms with E-state index in [1.54, 1.807) is 18.5 Å². The van der Waals surface area contributed by atoms with Crippen molar-refractivity contribution >= 4 is 12.4 Å². The van der Waals surface area contributed by atoms with Gasteiger partial charge in [0.05, 0.1) is 11.6 Å². The van der Waals surface area contributed by atoms with Gasteiger partial charge in [-0.2, -0.15) is 6.41 Å². The Morgan fingerprint density at radius 2 is 1.61 bits per heavy atom. The van der Waals surface area contributed by atoms with E-state index in [2.05, 4.69) is 11.9 Å². The molecule has 5 nitrogen and oxygen atoms in total. The van der Waals surface area contributed by atoms with E-state index in [4.69, 9.17) is 4.74 Å². The van der Waals surface area contributed by atoms with E-state index in [9.17, 15) is 14.7 Å². The van der Waals surface area contributed by atoms with Gasteiger partial charge in [-0.15, -0.1) is 0 Å². The van der Waals surface area contributed by atoms with E-state index in [1.165, 1.54) is 0 Å². The van der Waals surface area contributed by atoms with E-state index in [-0.39, 0.29) is 11.7 Å². The largest absolute Gasteiger partial charge is 0.521 e. The minimum absolute atomic E-state index is 0. The van der Waals surface area contributed by atoms with Gasteiger partial charge in [-0.3, -0.25) is 0 Å². The average molecular weight is 623 g/mol. The molecule has 2 rings (SSSR count). The van der Waals surface area contributed by atoms with Gasteiger partial charge < -0.3 is 20.0 Å². The maximum absolute atomic E-state index is 12.1. The van der Waals surface area contributed by atoms with Crippen molar-refractivity contribution in [1.82, 2.24) is 5.32 Å². The summed E-state index contributed by atoms with van der Waals surface area (Å²) >= 11 is 0. The van der Waals surface area contributed by atoms with Crippen LogP contribution < -0.4 is 5.32 Å². The summed E-state index contributed by atoms with van der Waals surface area (Å²) in [5.41, 5.74) is 2.87. The van der Waals surface area contributed by atoms with Gasteiger partial charge in [0.15, 0.2) is 0 Å². The van der Waals surface area contributed by atoms with Gasteiger partial charge in [-0.1, -0.05) is 43.0 Å². The molecule has 2 aromatic rings. The number of ether oxygens (including phenoxy) is 1. The van der Waals surface area contributed by atoms with Gasteiger partial charge in [-0.05, 0) is 56.0 Å². The molecule has 0 bridgehead atoms. The normalized spacial score (nSPS) is 11.7. The Morgan fingerprint density at radius 3 is 2.04 bits per heavy atom. The molecule has 28 heavy (non-hydrogen) atoms. The molecule has 0 unspecified atom stereocenters. The zero-order valence-electron chi connectivity index (χ0n) is 16.1. The van der Waals surface area contributed by atoms with Gasteiger partial charge in [0, 0.05) is 0 Å². The quantitative estimate of drug-likeness (QED) is 0.212. The van der Waals surface area contributed by atoms with Gasteiger partial charge in [0.1, 0.15) is 11.4 Å². The summed E-state index contributed by atoms with van der Waals surface area (Å²) in [6.07, 6.45) is 2.00. The van der Waals surface area contributed by atoms with Crippen LogP contribution in [-0.4, -0.2) is 29.1 Å². The summed E-state index contributed by atoms with van der Waals surface area (Å²) in [6.45, 7) is 8.96. The number of rotatable bonds is 7. The molecule has 2 N–H and O–H groups in total. The summed E-state index contributed by atoms with van der Waals surface area (Å²) in [4.78, 5) is 22.6. The predicted octanol–water partition coefficient (Wildman–Crippen LogP) is 3.95. The van der Waals surface area contributed by atoms with Crippen LogP contribution in [0.15, 0.2) is 60.9 Å². The second-order valence-corrected chi connectivity index (χ2v) is 7.27. The Kier molecular flexibility index (Phi) is 7.08. The van der Waals surface area contributed by atoms with Crippen molar-refractivity contribution in [3.63, 3.8) is 0 Å². The number of esters is 1. The third-order valence-corrected chi connectivity index (χ3v) is 3.88. The molecule has 0 saturated heterocycles. The van der Waals surface area contributed by atoms with Crippen molar-refractivity contribution in [3.8, 4) is 11.1 Å². The molecule has 0 aromatic heterocycles. The van der Waals surface area contributed by atoms with Crippen molar-refractivity contribution in [1.29, 1.82) is 0 Å². The van der Waals surface area contributed by atoms with E-state index >= 15 is 0 Å². The van der Waals surface area contributed by atoms with Gasteiger partial charge in [0.2, 0.25) is 0 Å². The van der Waals surface area contributed by atoms with Gasteiger partial charge in [-0.25, -0.2) is 4.79 Å². The molecule has 0 aliphatic heterocycles. The summed E-state index contributed by atoms with van der Waals surface area (Å²) in [5.74, 6) is -0.459. The number of aliphatic hydroxyl groups excluding tert-OH is 1. The Hall–Kier alpha value is -4.08. The molecule has 0 spiro atoms. The van der Waals surface area contributed by atoms with E-state index < -0.39 is 11.6 Å². The molecule has 1 amide bonds. The van der Waals surface area contributed by atoms with Crippen molar-refractivity contribution < 1.29 is 19.4 Å². The molecule has 154 valence electrons. The molecule has 2 aromatic carbocycles. The third kappa shape index (κ3) is 6.02. The monoisotopic (exact) mass is 623 g/mol. The van der Waals surface area contributed by atoms with Crippen molar-refractivity contribution in [3.05, 3.63) is 72.0 Å². The van der Waals surface area contributed by atoms with E-state index in [0.717, 1.165) is 16.7 Å². The molecule has 0 radical (unpaired) electrons. The number of nitrogens with one attached hydrogen (secondary N) is 1. The molecule has 0 heterocycles. The Morgan fingerprint density at radius 1 is 1.11 bits per heavy atom. The van der Waals surface area contributed by atoms with Crippen LogP contribution in [-0.2, 0) is 16.0 Å². The van der Waals surface area contributed by atoms with Crippen LogP contribution in [0.1, 0.15) is 36.7 Å². The maximum Gasteiger partial charge on any atom is 0.338 e.